The molecule has 1 aliphatic heterocycles. The number of fused-ring (bicyclic) bond motifs is 2. The van der Waals surface area contributed by atoms with Crippen molar-refractivity contribution in [2.45, 2.75) is 12.3 Å². The third-order valence-corrected chi connectivity index (χ3v) is 3.37. The van der Waals surface area contributed by atoms with Gasteiger partial charge in [-0.2, -0.15) is 0 Å². The maximum absolute atomic E-state index is 5.99. The summed E-state index contributed by atoms with van der Waals surface area (Å²) in [5.74, 6) is 2.25. The van der Waals surface area contributed by atoms with Crippen LogP contribution in [-0.2, 0) is 6.42 Å². The Morgan fingerprint density at radius 3 is 3.06 bits per heavy atom. The van der Waals surface area contributed by atoms with Crippen molar-refractivity contribution in [3.8, 4) is 11.5 Å². The molecule has 92 valence electrons. The van der Waals surface area contributed by atoms with E-state index in [1.807, 2.05) is 25.4 Å². The lowest BCUT2D eigenvalue weighted by molar-refractivity contribution is 0.475. The van der Waals surface area contributed by atoms with Crippen LogP contribution in [0.1, 0.15) is 17.0 Å². The quantitative estimate of drug-likeness (QED) is 0.876. The normalized spacial score (nSPS) is 17.3. The number of hydrogen-bond donors (Lipinski definition) is 1. The molecule has 0 saturated carbocycles. The molecule has 18 heavy (non-hydrogen) atoms. The predicted octanol–water partition coefficient (Wildman–Crippen LogP) is 2.73. The minimum atomic E-state index is 0.427. The molecule has 3 nitrogen and oxygen atoms in total. The summed E-state index contributed by atoms with van der Waals surface area (Å²) >= 11 is 0. The zero-order valence-electron chi connectivity index (χ0n) is 10.4. The van der Waals surface area contributed by atoms with Crippen molar-refractivity contribution in [2.24, 2.45) is 0 Å². The number of hydrogen-bond acceptors (Lipinski definition) is 3. The van der Waals surface area contributed by atoms with E-state index in [-0.39, 0.29) is 0 Å². The zero-order valence-corrected chi connectivity index (χ0v) is 10.4. The van der Waals surface area contributed by atoms with Gasteiger partial charge in [0.1, 0.15) is 11.5 Å². The van der Waals surface area contributed by atoms with Crippen LogP contribution < -0.4 is 10.1 Å². The van der Waals surface area contributed by atoms with Gasteiger partial charge in [0, 0.05) is 24.2 Å². The SMILES string of the molecule is CNC[C@@H]1Cc2ccccc2Oc2cnccc21. The van der Waals surface area contributed by atoms with Crippen LogP contribution in [0, 0.1) is 0 Å². The van der Waals surface area contributed by atoms with Crippen LogP contribution in [0.25, 0.3) is 0 Å². The standard InChI is InChI=1S/C15H16N2O/c1-16-9-12-8-11-4-2-3-5-14(11)18-15-10-17-7-6-13(12)15/h2-7,10,12,16H,8-9H2,1H3/t12-/m0/s1. The van der Waals surface area contributed by atoms with Gasteiger partial charge < -0.3 is 10.1 Å². The maximum atomic E-state index is 5.99. The number of pyridine rings is 1. The summed E-state index contributed by atoms with van der Waals surface area (Å²) in [4.78, 5) is 4.16. The number of ether oxygens (including phenoxy) is 1. The summed E-state index contributed by atoms with van der Waals surface area (Å²) in [6.07, 6.45) is 4.63. The van der Waals surface area contributed by atoms with Crippen LogP contribution in [0.3, 0.4) is 0 Å². The number of para-hydroxylation sites is 1. The van der Waals surface area contributed by atoms with Crippen LogP contribution >= 0.6 is 0 Å². The predicted molar refractivity (Wildman–Crippen MR) is 71.1 cm³/mol. The van der Waals surface area contributed by atoms with E-state index in [1.165, 1.54) is 11.1 Å². The van der Waals surface area contributed by atoms with Crippen molar-refractivity contribution in [3.63, 3.8) is 0 Å². The van der Waals surface area contributed by atoms with Gasteiger partial charge >= 0.3 is 0 Å². The van der Waals surface area contributed by atoms with E-state index in [1.54, 1.807) is 6.20 Å². The van der Waals surface area contributed by atoms with Gasteiger partial charge in [-0.25, -0.2) is 0 Å². The lowest BCUT2D eigenvalue weighted by Crippen LogP contribution is -2.18. The van der Waals surface area contributed by atoms with E-state index in [4.69, 9.17) is 4.74 Å². The van der Waals surface area contributed by atoms with Gasteiger partial charge in [0.05, 0.1) is 6.20 Å². The van der Waals surface area contributed by atoms with Gasteiger partial charge in [0.25, 0.3) is 0 Å². The molecule has 0 amide bonds. The van der Waals surface area contributed by atoms with E-state index < -0.39 is 0 Å². The molecule has 1 aliphatic rings. The fourth-order valence-corrected chi connectivity index (χ4v) is 2.51. The van der Waals surface area contributed by atoms with Crippen LogP contribution in [0.4, 0.5) is 0 Å². The summed E-state index contributed by atoms with van der Waals surface area (Å²) < 4.78 is 5.99. The van der Waals surface area contributed by atoms with E-state index in [0.717, 1.165) is 24.5 Å². The van der Waals surface area contributed by atoms with Gasteiger partial charge in [0.15, 0.2) is 0 Å². The van der Waals surface area contributed by atoms with E-state index in [2.05, 4.69) is 28.5 Å². The first kappa shape index (κ1) is 11.2. The highest BCUT2D eigenvalue weighted by Crippen LogP contribution is 2.38. The molecule has 1 atom stereocenters. The Kier molecular flexibility index (Phi) is 2.99. The Morgan fingerprint density at radius 2 is 2.17 bits per heavy atom. The first-order chi connectivity index (χ1) is 8.88. The second-order valence-electron chi connectivity index (χ2n) is 4.58. The average molecular weight is 240 g/mol. The Labute approximate surface area is 107 Å². The van der Waals surface area contributed by atoms with Crippen LogP contribution in [-0.4, -0.2) is 18.6 Å². The number of nitrogens with zero attached hydrogens (tertiary/aromatic N) is 1. The molecule has 0 bridgehead atoms. The first-order valence-electron chi connectivity index (χ1n) is 6.22. The molecule has 3 heteroatoms. The van der Waals surface area contributed by atoms with Crippen molar-refractivity contribution >= 4 is 0 Å². The number of aromatic nitrogens is 1. The van der Waals surface area contributed by atoms with E-state index in [9.17, 15) is 0 Å². The van der Waals surface area contributed by atoms with Crippen molar-refractivity contribution in [1.29, 1.82) is 0 Å². The van der Waals surface area contributed by atoms with Crippen LogP contribution in [0.2, 0.25) is 0 Å². The molecule has 0 spiro atoms. The second kappa shape index (κ2) is 4.78. The highest BCUT2D eigenvalue weighted by atomic mass is 16.5. The zero-order chi connectivity index (χ0) is 12.4. The van der Waals surface area contributed by atoms with Crippen molar-refractivity contribution < 1.29 is 4.74 Å². The minimum absolute atomic E-state index is 0.427. The molecule has 3 rings (SSSR count). The second-order valence-corrected chi connectivity index (χ2v) is 4.58. The monoisotopic (exact) mass is 240 g/mol. The molecule has 0 radical (unpaired) electrons. The Bertz CT molecular complexity index is 554. The summed E-state index contributed by atoms with van der Waals surface area (Å²) in [7, 11) is 1.98. The maximum Gasteiger partial charge on any atom is 0.149 e. The molecule has 0 unspecified atom stereocenters. The van der Waals surface area contributed by atoms with E-state index >= 15 is 0 Å². The molecule has 0 saturated heterocycles. The molecule has 1 aromatic heterocycles. The lowest BCUT2D eigenvalue weighted by atomic mass is 9.92. The number of likely N-dealkylation sites (N-methyl/N-ethyl adjacent to an activating group) is 1. The summed E-state index contributed by atoms with van der Waals surface area (Å²) in [5, 5.41) is 3.26. The summed E-state index contributed by atoms with van der Waals surface area (Å²) in [6, 6.07) is 10.3. The smallest absolute Gasteiger partial charge is 0.149 e. The third-order valence-electron chi connectivity index (χ3n) is 3.37. The molecular weight excluding hydrogens is 224 g/mol. The van der Waals surface area contributed by atoms with Gasteiger partial charge in [-0.15, -0.1) is 0 Å². The van der Waals surface area contributed by atoms with Crippen molar-refractivity contribution in [2.75, 3.05) is 13.6 Å². The Morgan fingerprint density at radius 1 is 1.28 bits per heavy atom. The van der Waals surface area contributed by atoms with Gasteiger partial charge in [-0.05, 0) is 31.2 Å². The van der Waals surface area contributed by atoms with Crippen molar-refractivity contribution in [3.05, 3.63) is 53.9 Å². The molecule has 0 aliphatic carbocycles. The summed E-state index contributed by atoms with van der Waals surface area (Å²) in [5.41, 5.74) is 2.49. The summed E-state index contributed by atoms with van der Waals surface area (Å²) in [6.45, 7) is 0.939. The van der Waals surface area contributed by atoms with Gasteiger partial charge in [0.2, 0.25) is 0 Å². The lowest BCUT2D eigenvalue weighted by Gasteiger charge is -2.15. The molecule has 1 aromatic carbocycles. The highest BCUT2D eigenvalue weighted by Gasteiger charge is 2.22. The number of benzene rings is 1. The fourth-order valence-electron chi connectivity index (χ4n) is 2.51. The van der Waals surface area contributed by atoms with Crippen LogP contribution in [0.15, 0.2) is 42.7 Å². The van der Waals surface area contributed by atoms with Crippen molar-refractivity contribution in [1.82, 2.24) is 10.3 Å². The highest BCUT2D eigenvalue weighted by molar-refractivity contribution is 5.45. The Balaban J connectivity index is 2.08. The fraction of sp³-hybridized carbons (Fsp3) is 0.267. The molecule has 2 aromatic rings. The number of rotatable bonds is 2. The van der Waals surface area contributed by atoms with Gasteiger partial charge in [-0.3, -0.25) is 4.98 Å². The minimum Gasteiger partial charge on any atom is -0.455 e. The largest absolute Gasteiger partial charge is 0.455 e. The number of nitrogens with one attached hydrogen (secondary N) is 1. The molecule has 2 heterocycles. The van der Waals surface area contributed by atoms with Crippen LogP contribution in [0.5, 0.6) is 11.5 Å². The molecular formula is C15H16N2O. The molecule has 0 fully saturated rings. The van der Waals surface area contributed by atoms with E-state index in [0.29, 0.717) is 5.92 Å². The molecule has 1 N–H and O–H groups in total. The third kappa shape index (κ3) is 1.97. The topological polar surface area (TPSA) is 34.1 Å². The van der Waals surface area contributed by atoms with Gasteiger partial charge in [-0.1, -0.05) is 18.2 Å². The Hall–Kier alpha value is -1.87. The average Bonchev–Trinajstić information content (AvgIpc) is 2.56. The first-order valence-corrected chi connectivity index (χ1v) is 6.22.